The van der Waals surface area contributed by atoms with Crippen LogP contribution in [-0.2, 0) is 5.54 Å². The first-order chi connectivity index (χ1) is 7.80. The molecule has 2 heterocycles. The minimum atomic E-state index is -0.137. The van der Waals surface area contributed by atoms with Gasteiger partial charge in [-0.15, -0.1) is 11.6 Å². The zero-order chi connectivity index (χ0) is 12.8. The molecule has 0 spiro atoms. The van der Waals surface area contributed by atoms with E-state index in [0.29, 0.717) is 0 Å². The molecule has 0 saturated carbocycles. The van der Waals surface area contributed by atoms with E-state index in [2.05, 4.69) is 51.2 Å². The Labute approximate surface area is 114 Å². The number of fused-ring (bicyclic) bond motifs is 1. The maximum Gasteiger partial charge on any atom is 0.160 e. The Kier molecular flexibility index (Phi) is 3.21. The zero-order valence-corrected chi connectivity index (χ0v) is 12.7. The van der Waals surface area contributed by atoms with Crippen molar-refractivity contribution < 1.29 is 0 Å². The van der Waals surface area contributed by atoms with Gasteiger partial charge in [0, 0.05) is 16.2 Å². The third kappa shape index (κ3) is 2.33. The van der Waals surface area contributed by atoms with Gasteiger partial charge in [0.25, 0.3) is 0 Å². The predicted molar refractivity (Wildman–Crippen MR) is 74.5 cm³/mol. The Balaban J connectivity index is 2.81. The number of rotatable bonds is 1. The van der Waals surface area contributed by atoms with Crippen LogP contribution in [-0.4, -0.2) is 14.5 Å². The third-order valence-corrected chi connectivity index (χ3v) is 3.15. The molecular formula is C12H15BrClN3. The molecule has 2 rings (SSSR count). The lowest BCUT2D eigenvalue weighted by Gasteiger charge is -2.24. The Bertz CT molecular complexity index is 555. The number of alkyl halides is 1. The normalized spacial score (nSPS) is 14.2. The lowest BCUT2D eigenvalue weighted by atomic mass is 10.1. The number of nitrogens with zero attached hydrogens (tertiary/aromatic N) is 3. The number of hydrogen-bond acceptors (Lipinski definition) is 2. The average molecular weight is 317 g/mol. The van der Waals surface area contributed by atoms with E-state index in [1.54, 1.807) is 6.20 Å². The van der Waals surface area contributed by atoms with E-state index in [-0.39, 0.29) is 10.9 Å². The summed E-state index contributed by atoms with van der Waals surface area (Å²) >= 11 is 9.61. The third-order valence-electron chi connectivity index (χ3n) is 2.52. The van der Waals surface area contributed by atoms with Gasteiger partial charge in [0.1, 0.15) is 11.3 Å². The lowest BCUT2D eigenvalue weighted by molar-refractivity contribution is 0.392. The molecule has 92 valence electrons. The van der Waals surface area contributed by atoms with E-state index in [4.69, 9.17) is 11.6 Å². The largest absolute Gasteiger partial charge is 0.306 e. The monoisotopic (exact) mass is 315 g/mol. The molecule has 1 unspecified atom stereocenters. The van der Waals surface area contributed by atoms with Crippen molar-refractivity contribution in [2.75, 3.05) is 0 Å². The Morgan fingerprint density at radius 2 is 2.06 bits per heavy atom. The second-order valence-electron chi connectivity index (χ2n) is 5.09. The van der Waals surface area contributed by atoms with Gasteiger partial charge in [-0.25, -0.2) is 9.97 Å². The Morgan fingerprint density at radius 1 is 1.41 bits per heavy atom. The van der Waals surface area contributed by atoms with Crippen molar-refractivity contribution in [3.05, 3.63) is 22.6 Å². The number of hydrogen-bond donors (Lipinski definition) is 0. The van der Waals surface area contributed by atoms with Crippen LogP contribution in [0.3, 0.4) is 0 Å². The van der Waals surface area contributed by atoms with Crippen LogP contribution in [0.2, 0.25) is 0 Å². The Morgan fingerprint density at radius 3 is 2.59 bits per heavy atom. The smallest absolute Gasteiger partial charge is 0.160 e. The molecule has 0 bridgehead atoms. The summed E-state index contributed by atoms with van der Waals surface area (Å²) in [7, 11) is 0. The molecule has 0 aliphatic carbocycles. The van der Waals surface area contributed by atoms with Crippen molar-refractivity contribution >= 4 is 38.7 Å². The van der Waals surface area contributed by atoms with Crippen molar-refractivity contribution in [2.45, 2.75) is 38.6 Å². The quantitative estimate of drug-likeness (QED) is 0.736. The van der Waals surface area contributed by atoms with Gasteiger partial charge in [-0.3, -0.25) is 0 Å². The molecule has 17 heavy (non-hydrogen) atoms. The minimum absolute atomic E-state index is 0.0892. The fourth-order valence-corrected chi connectivity index (χ4v) is 2.35. The van der Waals surface area contributed by atoms with Gasteiger partial charge in [0.2, 0.25) is 0 Å². The summed E-state index contributed by atoms with van der Waals surface area (Å²) in [4.78, 5) is 9.02. The highest BCUT2D eigenvalue weighted by Gasteiger charge is 2.24. The van der Waals surface area contributed by atoms with Gasteiger partial charge in [-0.05, 0) is 49.7 Å². The topological polar surface area (TPSA) is 30.7 Å². The second-order valence-corrected chi connectivity index (χ2v) is 6.66. The second kappa shape index (κ2) is 4.25. The maximum atomic E-state index is 6.20. The van der Waals surface area contributed by atoms with Crippen LogP contribution in [0.4, 0.5) is 0 Å². The molecule has 0 saturated heterocycles. The lowest BCUT2D eigenvalue weighted by Crippen LogP contribution is -2.24. The van der Waals surface area contributed by atoms with E-state index in [1.807, 2.05) is 13.0 Å². The summed E-state index contributed by atoms with van der Waals surface area (Å²) in [6.45, 7) is 8.31. The van der Waals surface area contributed by atoms with Crippen LogP contribution in [0.5, 0.6) is 0 Å². The van der Waals surface area contributed by atoms with Crippen LogP contribution >= 0.6 is 27.5 Å². The number of aromatic nitrogens is 3. The molecular weight excluding hydrogens is 302 g/mol. The molecule has 2 aromatic heterocycles. The summed E-state index contributed by atoms with van der Waals surface area (Å²) in [5.74, 6) is 0.861. The fraction of sp³-hybridized carbons (Fsp3) is 0.500. The number of pyridine rings is 1. The van der Waals surface area contributed by atoms with Gasteiger partial charge in [-0.1, -0.05) is 0 Å². The summed E-state index contributed by atoms with van der Waals surface area (Å²) < 4.78 is 3.03. The predicted octanol–water partition coefficient (Wildman–Crippen LogP) is 4.25. The van der Waals surface area contributed by atoms with Crippen LogP contribution < -0.4 is 0 Å². The van der Waals surface area contributed by atoms with Crippen molar-refractivity contribution in [3.8, 4) is 0 Å². The number of halogens is 2. The first-order valence-electron chi connectivity index (χ1n) is 5.49. The average Bonchev–Trinajstić information content (AvgIpc) is 2.55. The summed E-state index contributed by atoms with van der Waals surface area (Å²) in [6, 6.07) is 1.97. The van der Waals surface area contributed by atoms with Gasteiger partial charge in [0.15, 0.2) is 5.65 Å². The van der Waals surface area contributed by atoms with Gasteiger partial charge in [0.05, 0.1) is 5.38 Å². The first kappa shape index (κ1) is 12.8. The van der Waals surface area contributed by atoms with E-state index in [0.717, 1.165) is 21.5 Å². The molecule has 0 fully saturated rings. The molecule has 2 aromatic rings. The van der Waals surface area contributed by atoms with Gasteiger partial charge < -0.3 is 4.57 Å². The molecule has 5 heteroatoms. The molecule has 0 aromatic carbocycles. The molecule has 0 N–H and O–H groups in total. The molecule has 0 amide bonds. The minimum Gasteiger partial charge on any atom is -0.306 e. The fourth-order valence-electron chi connectivity index (χ4n) is 1.89. The highest BCUT2D eigenvalue weighted by Crippen LogP contribution is 2.30. The molecule has 0 radical (unpaired) electrons. The van der Waals surface area contributed by atoms with Crippen molar-refractivity contribution in [1.29, 1.82) is 0 Å². The molecule has 0 aliphatic rings. The SMILES string of the molecule is CC(Cl)c1nc2cc(Br)cnc2n1C(C)(C)C. The summed E-state index contributed by atoms with van der Waals surface area (Å²) in [6.07, 6.45) is 1.79. The highest BCUT2D eigenvalue weighted by atomic mass is 79.9. The van der Waals surface area contributed by atoms with E-state index < -0.39 is 0 Å². The van der Waals surface area contributed by atoms with Gasteiger partial charge in [-0.2, -0.15) is 0 Å². The molecule has 1 atom stereocenters. The zero-order valence-electron chi connectivity index (χ0n) is 10.3. The molecule has 3 nitrogen and oxygen atoms in total. The Hall–Kier alpha value is -0.610. The van der Waals surface area contributed by atoms with Crippen LogP contribution in [0.1, 0.15) is 38.9 Å². The van der Waals surface area contributed by atoms with Crippen LogP contribution in [0.25, 0.3) is 11.2 Å². The maximum absolute atomic E-state index is 6.20. The first-order valence-corrected chi connectivity index (χ1v) is 6.72. The summed E-state index contributed by atoms with van der Waals surface area (Å²) in [5.41, 5.74) is 1.66. The van der Waals surface area contributed by atoms with Gasteiger partial charge >= 0.3 is 0 Å². The van der Waals surface area contributed by atoms with Crippen molar-refractivity contribution in [1.82, 2.24) is 14.5 Å². The molecule has 0 aliphatic heterocycles. The highest BCUT2D eigenvalue weighted by molar-refractivity contribution is 9.10. The number of imidazole rings is 1. The van der Waals surface area contributed by atoms with E-state index in [1.165, 1.54) is 0 Å². The van der Waals surface area contributed by atoms with E-state index >= 15 is 0 Å². The van der Waals surface area contributed by atoms with E-state index in [9.17, 15) is 0 Å². The standard InChI is InChI=1S/C12H15BrClN3/c1-7(14)10-16-9-5-8(13)6-15-11(9)17(10)12(2,3)4/h5-7H,1-4H3. The van der Waals surface area contributed by atoms with Crippen molar-refractivity contribution in [2.24, 2.45) is 0 Å². The summed E-state index contributed by atoms with van der Waals surface area (Å²) in [5, 5.41) is -0.137. The van der Waals surface area contributed by atoms with Crippen molar-refractivity contribution in [3.63, 3.8) is 0 Å². The van der Waals surface area contributed by atoms with Crippen LogP contribution in [0.15, 0.2) is 16.7 Å². The van der Waals surface area contributed by atoms with Crippen LogP contribution in [0, 0.1) is 0 Å².